The van der Waals surface area contributed by atoms with E-state index >= 15 is 0 Å². The molecule has 3 saturated heterocycles. The normalized spacial score (nSPS) is 18.6. The number of aryl methyl sites for hydroxylation is 2. The van der Waals surface area contributed by atoms with Crippen LogP contribution in [0.2, 0.25) is 0 Å². The van der Waals surface area contributed by atoms with Crippen molar-refractivity contribution in [2.45, 2.75) is 45.3 Å². The highest BCUT2D eigenvalue weighted by Crippen LogP contribution is 2.35. The van der Waals surface area contributed by atoms with E-state index in [0.717, 1.165) is 65.2 Å². The Balaban J connectivity index is 0.991. The Morgan fingerprint density at radius 2 is 1.80 bits per heavy atom. The largest absolute Gasteiger partial charge is 0.353 e. The highest BCUT2D eigenvalue weighted by atomic mass is 19.1. The number of nitrogens with zero attached hydrogens (tertiary/aromatic N) is 9. The fraction of sp³-hybridized carbons (Fsp3) is 0.310. The molecule has 8 heterocycles. The summed E-state index contributed by atoms with van der Waals surface area (Å²) in [6, 6.07) is 13.0. The van der Waals surface area contributed by atoms with Gasteiger partial charge in [0.25, 0.3) is 0 Å². The number of aromatic nitrogens is 8. The van der Waals surface area contributed by atoms with Crippen molar-refractivity contribution in [3.8, 4) is 17.1 Å². The van der Waals surface area contributed by atoms with Gasteiger partial charge in [-0.3, -0.25) is 15.0 Å². The molecule has 3 aliphatic rings. The molecule has 1 N–H and O–H groups in total. The van der Waals surface area contributed by atoms with Crippen molar-refractivity contribution in [2.75, 3.05) is 18.0 Å². The number of halogens is 1. The molecule has 0 radical (unpaired) electrons. The van der Waals surface area contributed by atoms with Crippen molar-refractivity contribution in [1.82, 2.24) is 44.8 Å². The first-order chi connectivity index (χ1) is 19.5. The van der Waals surface area contributed by atoms with E-state index in [1.165, 1.54) is 23.5 Å². The number of hydrogen-bond acceptors (Lipinski definition) is 8. The van der Waals surface area contributed by atoms with Crippen LogP contribution < -0.4 is 4.90 Å². The number of anilines is 1. The number of piperidine rings is 1. The molecule has 5 aromatic rings. The average molecular weight is 537 g/mol. The van der Waals surface area contributed by atoms with Gasteiger partial charge in [-0.05, 0) is 56.7 Å². The molecule has 2 unspecified atom stereocenters. The standard InChI is InChI=1S/C29H29FN10/c1-18-7-23(9-24-8-19(2)36-37-24)35-29(34-18)20-3-6-28(32-11-20)38-16-26-10-27(17-38)39(26)15-22-4-5-25(13-31-22)40-14-21(30)12-33-40/h3-8,11-14,26-27H,9-10,15-17H2,1-2H3,(H,36,37). The molecule has 2 bridgehead atoms. The molecule has 5 aromatic heterocycles. The second-order valence-corrected chi connectivity index (χ2v) is 10.7. The average Bonchev–Trinajstić information content (AvgIpc) is 3.59. The van der Waals surface area contributed by atoms with Gasteiger partial charge in [-0.2, -0.15) is 10.2 Å². The summed E-state index contributed by atoms with van der Waals surface area (Å²) in [6.45, 7) is 6.65. The van der Waals surface area contributed by atoms with Gasteiger partial charge in [-0.25, -0.2) is 24.0 Å². The highest BCUT2D eigenvalue weighted by molar-refractivity contribution is 5.57. The third kappa shape index (κ3) is 4.84. The van der Waals surface area contributed by atoms with Crippen LogP contribution in [0.3, 0.4) is 0 Å². The summed E-state index contributed by atoms with van der Waals surface area (Å²) in [5.41, 5.74) is 6.52. The monoisotopic (exact) mass is 536 g/mol. The van der Waals surface area contributed by atoms with Crippen LogP contribution in [0.5, 0.6) is 0 Å². The number of aromatic amines is 1. The molecule has 0 amide bonds. The van der Waals surface area contributed by atoms with Crippen LogP contribution >= 0.6 is 0 Å². The van der Waals surface area contributed by atoms with E-state index in [0.29, 0.717) is 24.3 Å². The van der Waals surface area contributed by atoms with Gasteiger partial charge in [0.2, 0.25) is 0 Å². The Labute approximate surface area is 231 Å². The van der Waals surface area contributed by atoms with E-state index in [9.17, 15) is 4.39 Å². The van der Waals surface area contributed by atoms with Gasteiger partial charge in [0.15, 0.2) is 11.6 Å². The maximum atomic E-state index is 13.3. The predicted octanol–water partition coefficient (Wildman–Crippen LogP) is 3.65. The zero-order chi connectivity index (χ0) is 27.2. The Hall–Kier alpha value is -4.51. The molecule has 0 spiro atoms. The van der Waals surface area contributed by atoms with Crippen LogP contribution in [0.1, 0.15) is 34.9 Å². The van der Waals surface area contributed by atoms with E-state index in [2.05, 4.69) is 47.2 Å². The molecule has 3 aliphatic heterocycles. The topological polar surface area (TPSA) is 105 Å². The second kappa shape index (κ2) is 9.91. The van der Waals surface area contributed by atoms with E-state index in [1.807, 2.05) is 44.3 Å². The lowest BCUT2D eigenvalue weighted by atomic mass is 9.87. The zero-order valence-electron chi connectivity index (χ0n) is 22.4. The van der Waals surface area contributed by atoms with Crippen molar-refractivity contribution >= 4 is 5.82 Å². The number of fused-ring (bicyclic) bond motifs is 2. The summed E-state index contributed by atoms with van der Waals surface area (Å²) in [4.78, 5) is 23.7. The molecule has 0 aliphatic carbocycles. The minimum atomic E-state index is -0.361. The minimum absolute atomic E-state index is 0.361. The lowest BCUT2D eigenvalue weighted by Crippen LogP contribution is -2.68. The number of rotatable bonds is 7. The first kappa shape index (κ1) is 24.5. The summed E-state index contributed by atoms with van der Waals surface area (Å²) in [7, 11) is 0. The van der Waals surface area contributed by atoms with Crippen LogP contribution in [0.25, 0.3) is 17.1 Å². The summed E-state index contributed by atoms with van der Waals surface area (Å²) in [5, 5.41) is 11.3. The van der Waals surface area contributed by atoms with E-state index in [1.54, 1.807) is 6.20 Å². The lowest BCUT2D eigenvalue weighted by molar-refractivity contribution is -0.00967. The first-order valence-electron chi connectivity index (χ1n) is 13.4. The quantitative estimate of drug-likeness (QED) is 0.336. The van der Waals surface area contributed by atoms with Crippen molar-refractivity contribution in [1.29, 1.82) is 0 Å². The summed E-state index contributed by atoms with van der Waals surface area (Å²) >= 11 is 0. The van der Waals surface area contributed by atoms with Crippen molar-refractivity contribution in [3.05, 3.63) is 95.5 Å². The van der Waals surface area contributed by atoms with Crippen LogP contribution in [-0.2, 0) is 13.0 Å². The Bertz CT molecular complexity index is 1630. The second-order valence-electron chi connectivity index (χ2n) is 10.7. The Morgan fingerprint density at radius 3 is 2.48 bits per heavy atom. The molecule has 2 atom stereocenters. The summed E-state index contributed by atoms with van der Waals surface area (Å²) in [6.07, 6.45) is 8.01. The number of nitrogens with one attached hydrogen (secondary N) is 1. The van der Waals surface area contributed by atoms with Crippen LogP contribution in [0.4, 0.5) is 10.2 Å². The zero-order valence-corrected chi connectivity index (χ0v) is 22.4. The van der Waals surface area contributed by atoms with Gasteiger partial charge < -0.3 is 4.90 Å². The van der Waals surface area contributed by atoms with E-state index in [4.69, 9.17) is 9.97 Å². The summed E-state index contributed by atoms with van der Waals surface area (Å²) < 4.78 is 14.8. The van der Waals surface area contributed by atoms with E-state index < -0.39 is 0 Å². The molecule has 3 fully saturated rings. The molecular weight excluding hydrogens is 507 g/mol. The number of piperazine rings is 1. The predicted molar refractivity (Wildman–Crippen MR) is 147 cm³/mol. The molecule has 0 aromatic carbocycles. The van der Waals surface area contributed by atoms with Gasteiger partial charge in [0.1, 0.15) is 5.82 Å². The molecule has 10 nitrogen and oxygen atoms in total. The summed E-state index contributed by atoms with van der Waals surface area (Å²) in [5.74, 6) is 1.30. The molecule has 202 valence electrons. The maximum absolute atomic E-state index is 13.3. The molecule has 40 heavy (non-hydrogen) atoms. The maximum Gasteiger partial charge on any atom is 0.161 e. The number of hydrogen-bond donors (Lipinski definition) is 1. The van der Waals surface area contributed by atoms with E-state index in [-0.39, 0.29) is 5.82 Å². The smallest absolute Gasteiger partial charge is 0.161 e. The third-order valence-electron chi connectivity index (χ3n) is 7.67. The van der Waals surface area contributed by atoms with Gasteiger partial charge >= 0.3 is 0 Å². The van der Waals surface area contributed by atoms with Crippen molar-refractivity contribution in [2.24, 2.45) is 0 Å². The Kier molecular flexibility index (Phi) is 6.07. The minimum Gasteiger partial charge on any atom is -0.353 e. The third-order valence-corrected chi connectivity index (χ3v) is 7.67. The van der Waals surface area contributed by atoms with Gasteiger partial charge in [-0.1, -0.05) is 0 Å². The molecule has 8 rings (SSSR count). The Morgan fingerprint density at radius 1 is 0.925 bits per heavy atom. The van der Waals surface area contributed by atoms with Crippen molar-refractivity contribution in [3.63, 3.8) is 0 Å². The van der Waals surface area contributed by atoms with Crippen molar-refractivity contribution < 1.29 is 4.39 Å². The fourth-order valence-electron chi connectivity index (χ4n) is 5.72. The van der Waals surface area contributed by atoms with Crippen LogP contribution in [0.15, 0.2) is 61.2 Å². The molecule has 0 saturated carbocycles. The fourth-order valence-corrected chi connectivity index (χ4v) is 5.72. The highest BCUT2D eigenvalue weighted by Gasteiger charge is 2.44. The van der Waals surface area contributed by atoms with Gasteiger partial charge in [-0.15, -0.1) is 0 Å². The van der Waals surface area contributed by atoms with Gasteiger partial charge in [0, 0.05) is 61.3 Å². The number of H-pyrrole nitrogens is 1. The van der Waals surface area contributed by atoms with Crippen LogP contribution in [0, 0.1) is 19.7 Å². The number of pyridine rings is 2. The van der Waals surface area contributed by atoms with Crippen LogP contribution in [-0.4, -0.2) is 70.0 Å². The van der Waals surface area contributed by atoms with Gasteiger partial charge in [0.05, 0.1) is 41.4 Å². The SMILES string of the molecule is Cc1cc(Cc2cc(C)[nH]n2)nc(-c2ccc(N3CC4CC(C3)N4Cc3ccc(-n4cc(F)cn4)cn3)nc2)n1. The lowest BCUT2D eigenvalue weighted by Gasteiger charge is -2.56. The molecule has 11 heteroatoms. The molecular formula is C29H29FN10. The first-order valence-corrected chi connectivity index (χ1v) is 13.4.